The van der Waals surface area contributed by atoms with Gasteiger partial charge >= 0.3 is 0 Å². The Morgan fingerprint density at radius 1 is 1.12 bits per heavy atom. The van der Waals surface area contributed by atoms with Crippen LogP contribution in [0.3, 0.4) is 0 Å². The monoisotopic (exact) mass is 319 g/mol. The molecule has 1 aliphatic heterocycles. The van der Waals surface area contributed by atoms with E-state index >= 15 is 0 Å². The van der Waals surface area contributed by atoms with Crippen LogP contribution >= 0.6 is 0 Å². The second-order valence-corrected chi connectivity index (χ2v) is 5.85. The molecular weight excluding hydrogens is 302 g/mol. The van der Waals surface area contributed by atoms with Gasteiger partial charge in [-0.1, -0.05) is 36.4 Å². The van der Waals surface area contributed by atoms with Gasteiger partial charge in [-0.05, 0) is 16.8 Å². The number of aromatic nitrogens is 2. The third-order valence-electron chi connectivity index (χ3n) is 4.29. The highest BCUT2D eigenvalue weighted by molar-refractivity contribution is 6.07. The zero-order valence-corrected chi connectivity index (χ0v) is 13.1. The van der Waals surface area contributed by atoms with Gasteiger partial charge in [0.1, 0.15) is 12.4 Å². The fraction of sp³-hybridized carbons (Fsp3) is 0.211. The van der Waals surface area contributed by atoms with Crippen molar-refractivity contribution in [1.82, 2.24) is 14.9 Å². The quantitative estimate of drug-likeness (QED) is 0.745. The lowest BCUT2D eigenvalue weighted by atomic mass is 10.0. The third-order valence-corrected chi connectivity index (χ3v) is 4.29. The smallest absolute Gasteiger partial charge is 0.254 e. The number of hydrogen-bond donors (Lipinski definition) is 0. The molecule has 0 saturated carbocycles. The first-order valence-electron chi connectivity index (χ1n) is 8.01. The van der Waals surface area contributed by atoms with Crippen molar-refractivity contribution in [1.29, 1.82) is 0 Å². The van der Waals surface area contributed by atoms with E-state index in [9.17, 15) is 4.79 Å². The third kappa shape index (κ3) is 2.80. The molecule has 0 unspecified atom stereocenters. The number of rotatable bonds is 3. The van der Waals surface area contributed by atoms with Crippen LogP contribution in [0.15, 0.2) is 61.1 Å². The minimum Gasteiger partial charge on any atom is -0.472 e. The summed E-state index contributed by atoms with van der Waals surface area (Å²) in [5, 5.41) is 2.07. The van der Waals surface area contributed by atoms with Crippen LogP contribution in [0.4, 0.5) is 0 Å². The lowest BCUT2D eigenvalue weighted by Crippen LogP contribution is -2.31. The number of ether oxygens (including phenoxy) is 1. The summed E-state index contributed by atoms with van der Waals surface area (Å²) in [6.07, 6.45) is 3.89. The van der Waals surface area contributed by atoms with Gasteiger partial charge in [-0.3, -0.25) is 4.79 Å². The number of nitrogens with zero attached hydrogens (tertiary/aromatic N) is 3. The van der Waals surface area contributed by atoms with Gasteiger partial charge in [-0.2, -0.15) is 0 Å². The average Bonchev–Trinajstić information content (AvgIpc) is 3.10. The molecule has 1 aliphatic rings. The zero-order chi connectivity index (χ0) is 16.4. The molecule has 2 heterocycles. The van der Waals surface area contributed by atoms with Gasteiger partial charge in [0.25, 0.3) is 5.91 Å². The summed E-state index contributed by atoms with van der Waals surface area (Å²) in [6, 6.07) is 15.5. The Hall–Kier alpha value is -2.95. The van der Waals surface area contributed by atoms with E-state index in [1.165, 1.54) is 6.33 Å². The standard InChI is InChI=1S/C19H17N3O2/c23-19(17-7-3-5-14-4-1-2-6-16(14)17)22-11-9-15(12-22)24-18-8-10-20-13-21-18/h1-8,10,13,15H,9,11-12H2/t15-/m1/s1. The SMILES string of the molecule is O=C(c1cccc2ccccc12)N1CC[C@@H](Oc2ccncn2)C1. The van der Waals surface area contributed by atoms with Gasteiger partial charge in [0.05, 0.1) is 6.54 Å². The normalized spacial score (nSPS) is 17.2. The maximum Gasteiger partial charge on any atom is 0.254 e. The van der Waals surface area contributed by atoms with Crippen molar-refractivity contribution < 1.29 is 9.53 Å². The van der Waals surface area contributed by atoms with E-state index in [0.29, 0.717) is 19.0 Å². The number of carbonyl (C=O) groups excluding carboxylic acids is 1. The van der Waals surface area contributed by atoms with Gasteiger partial charge in [0.2, 0.25) is 5.88 Å². The van der Waals surface area contributed by atoms with Crippen molar-refractivity contribution in [2.75, 3.05) is 13.1 Å². The summed E-state index contributed by atoms with van der Waals surface area (Å²) in [5.41, 5.74) is 0.746. The highest BCUT2D eigenvalue weighted by Gasteiger charge is 2.29. The predicted octanol–water partition coefficient (Wildman–Crippen LogP) is 2.92. The van der Waals surface area contributed by atoms with Crippen LogP contribution in [-0.4, -0.2) is 40.0 Å². The number of likely N-dealkylation sites (tertiary alicyclic amines) is 1. The van der Waals surface area contributed by atoms with Crippen molar-refractivity contribution in [3.63, 3.8) is 0 Å². The van der Waals surface area contributed by atoms with E-state index < -0.39 is 0 Å². The fourth-order valence-corrected chi connectivity index (χ4v) is 3.11. The van der Waals surface area contributed by atoms with E-state index in [0.717, 1.165) is 22.8 Å². The van der Waals surface area contributed by atoms with Gasteiger partial charge in [-0.25, -0.2) is 9.97 Å². The fourth-order valence-electron chi connectivity index (χ4n) is 3.11. The van der Waals surface area contributed by atoms with Crippen LogP contribution in [0, 0.1) is 0 Å². The highest BCUT2D eigenvalue weighted by Crippen LogP contribution is 2.23. The molecule has 0 spiro atoms. The number of hydrogen-bond acceptors (Lipinski definition) is 4. The molecule has 1 saturated heterocycles. The Kier molecular flexibility index (Phi) is 3.83. The van der Waals surface area contributed by atoms with Crippen LogP contribution in [0.25, 0.3) is 10.8 Å². The van der Waals surface area contributed by atoms with E-state index in [1.807, 2.05) is 47.4 Å². The Bertz CT molecular complexity index is 861. The van der Waals surface area contributed by atoms with Gasteiger partial charge in [0, 0.05) is 30.8 Å². The summed E-state index contributed by atoms with van der Waals surface area (Å²) in [4.78, 5) is 22.7. The molecular formula is C19H17N3O2. The lowest BCUT2D eigenvalue weighted by Gasteiger charge is -2.18. The topological polar surface area (TPSA) is 55.3 Å². The molecule has 1 atom stereocenters. The molecule has 120 valence electrons. The largest absolute Gasteiger partial charge is 0.472 e. The first kappa shape index (κ1) is 14.6. The Labute approximate surface area is 139 Å². The van der Waals surface area contributed by atoms with E-state index in [1.54, 1.807) is 12.3 Å². The van der Waals surface area contributed by atoms with Crippen molar-refractivity contribution in [3.8, 4) is 5.88 Å². The average molecular weight is 319 g/mol. The molecule has 5 nitrogen and oxygen atoms in total. The predicted molar refractivity (Wildman–Crippen MR) is 90.9 cm³/mol. The molecule has 4 rings (SSSR count). The summed E-state index contributed by atoms with van der Waals surface area (Å²) in [6.45, 7) is 1.27. The number of benzene rings is 2. The van der Waals surface area contributed by atoms with Gasteiger partial charge in [0.15, 0.2) is 0 Å². The Morgan fingerprint density at radius 3 is 2.88 bits per heavy atom. The van der Waals surface area contributed by atoms with E-state index in [2.05, 4.69) is 9.97 Å². The second kappa shape index (κ2) is 6.28. The minimum absolute atomic E-state index is 0.0289. The van der Waals surface area contributed by atoms with E-state index in [4.69, 9.17) is 4.74 Å². The molecule has 0 bridgehead atoms. The van der Waals surface area contributed by atoms with Crippen LogP contribution in [0.1, 0.15) is 16.8 Å². The van der Waals surface area contributed by atoms with Gasteiger partial charge in [-0.15, -0.1) is 0 Å². The van der Waals surface area contributed by atoms with Crippen molar-refractivity contribution in [3.05, 3.63) is 66.6 Å². The highest BCUT2D eigenvalue weighted by atomic mass is 16.5. The molecule has 2 aromatic carbocycles. The van der Waals surface area contributed by atoms with Crippen LogP contribution in [0.2, 0.25) is 0 Å². The van der Waals surface area contributed by atoms with Crippen molar-refractivity contribution in [2.45, 2.75) is 12.5 Å². The summed E-state index contributed by atoms with van der Waals surface area (Å²) in [5.74, 6) is 0.607. The van der Waals surface area contributed by atoms with Crippen molar-refractivity contribution >= 4 is 16.7 Å². The molecule has 0 aliphatic carbocycles. The van der Waals surface area contributed by atoms with Crippen LogP contribution in [0.5, 0.6) is 5.88 Å². The maximum atomic E-state index is 12.9. The molecule has 1 fully saturated rings. The number of carbonyl (C=O) groups is 1. The van der Waals surface area contributed by atoms with Gasteiger partial charge < -0.3 is 9.64 Å². The van der Waals surface area contributed by atoms with Crippen LogP contribution < -0.4 is 4.74 Å². The molecule has 1 amide bonds. The maximum absolute atomic E-state index is 12.9. The summed E-state index contributed by atoms with van der Waals surface area (Å²) < 4.78 is 5.83. The minimum atomic E-state index is -0.0289. The number of fused-ring (bicyclic) bond motifs is 1. The molecule has 0 N–H and O–H groups in total. The molecule has 3 aromatic rings. The Balaban J connectivity index is 1.51. The summed E-state index contributed by atoms with van der Waals surface area (Å²) >= 11 is 0. The Morgan fingerprint density at radius 2 is 2.00 bits per heavy atom. The molecule has 5 heteroatoms. The van der Waals surface area contributed by atoms with E-state index in [-0.39, 0.29) is 12.0 Å². The molecule has 0 radical (unpaired) electrons. The zero-order valence-electron chi connectivity index (χ0n) is 13.1. The first-order chi connectivity index (χ1) is 11.8. The number of amides is 1. The van der Waals surface area contributed by atoms with Crippen molar-refractivity contribution in [2.24, 2.45) is 0 Å². The second-order valence-electron chi connectivity index (χ2n) is 5.85. The first-order valence-corrected chi connectivity index (χ1v) is 8.01. The summed E-state index contributed by atoms with van der Waals surface area (Å²) in [7, 11) is 0. The molecule has 24 heavy (non-hydrogen) atoms. The van der Waals surface area contributed by atoms with Crippen LogP contribution in [-0.2, 0) is 0 Å². The molecule has 1 aromatic heterocycles. The lowest BCUT2D eigenvalue weighted by molar-refractivity contribution is 0.0773.